The Balaban J connectivity index is 1.67. The molecular weight excluding hydrogens is 200 g/mol. The van der Waals surface area contributed by atoms with E-state index in [0.717, 1.165) is 0 Å². The highest BCUT2D eigenvalue weighted by molar-refractivity contribution is 5.75. The van der Waals surface area contributed by atoms with Gasteiger partial charge >= 0.3 is 11.9 Å². The SMILES string of the molecule is O=C(O)C1CC(OC(=O)C2CC(O)C2)C1. The smallest absolute Gasteiger partial charge is 0.309 e. The molecule has 0 unspecified atom stereocenters. The Bertz CT molecular complexity index is 276. The summed E-state index contributed by atoms with van der Waals surface area (Å²) in [6, 6.07) is 0. The summed E-state index contributed by atoms with van der Waals surface area (Å²) in [6.07, 6.45) is 1.22. The quantitative estimate of drug-likeness (QED) is 0.654. The zero-order chi connectivity index (χ0) is 11.0. The number of carboxylic acids is 1. The van der Waals surface area contributed by atoms with Crippen molar-refractivity contribution in [1.82, 2.24) is 0 Å². The van der Waals surface area contributed by atoms with E-state index in [2.05, 4.69) is 0 Å². The van der Waals surface area contributed by atoms with Crippen LogP contribution < -0.4 is 0 Å². The molecule has 84 valence electrons. The van der Waals surface area contributed by atoms with Crippen LogP contribution in [-0.2, 0) is 14.3 Å². The van der Waals surface area contributed by atoms with Crippen LogP contribution in [0.5, 0.6) is 0 Å². The number of ether oxygens (including phenoxy) is 1. The molecule has 5 nitrogen and oxygen atoms in total. The van der Waals surface area contributed by atoms with Gasteiger partial charge in [0.15, 0.2) is 0 Å². The number of carbonyl (C=O) groups excluding carboxylic acids is 1. The second-order valence-corrected chi connectivity index (χ2v) is 4.39. The van der Waals surface area contributed by atoms with Crippen LogP contribution in [0.2, 0.25) is 0 Å². The maximum absolute atomic E-state index is 11.4. The summed E-state index contributed by atoms with van der Waals surface area (Å²) < 4.78 is 5.11. The van der Waals surface area contributed by atoms with E-state index in [1.807, 2.05) is 0 Å². The van der Waals surface area contributed by atoms with Gasteiger partial charge in [-0.05, 0) is 25.7 Å². The van der Waals surface area contributed by atoms with E-state index in [4.69, 9.17) is 14.9 Å². The predicted molar refractivity (Wildman–Crippen MR) is 49.0 cm³/mol. The van der Waals surface area contributed by atoms with Gasteiger partial charge in [-0.25, -0.2) is 0 Å². The predicted octanol–water partition coefficient (Wildman–Crippen LogP) is 0.164. The van der Waals surface area contributed by atoms with Gasteiger partial charge in [-0.1, -0.05) is 0 Å². The van der Waals surface area contributed by atoms with Crippen LogP contribution in [0.3, 0.4) is 0 Å². The normalized spacial score (nSPS) is 38.7. The van der Waals surface area contributed by atoms with Gasteiger partial charge in [0.05, 0.1) is 17.9 Å². The van der Waals surface area contributed by atoms with Crippen LogP contribution in [0.4, 0.5) is 0 Å². The zero-order valence-corrected chi connectivity index (χ0v) is 8.26. The molecule has 0 atom stereocenters. The molecule has 2 saturated carbocycles. The van der Waals surface area contributed by atoms with Crippen LogP contribution in [0, 0.1) is 11.8 Å². The lowest BCUT2D eigenvalue weighted by Gasteiger charge is -2.35. The molecule has 0 aromatic rings. The standard InChI is InChI=1S/C10H14O5/c11-7-1-6(2-7)10(14)15-8-3-5(4-8)9(12)13/h5-8,11H,1-4H2,(H,12,13). The summed E-state index contributed by atoms with van der Waals surface area (Å²) >= 11 is 0. The van der Waals surface area contributed by atoms with Gasteiger partial charge in [0.25, 0.3) is 0 Å². The van der Waals surface area contributed by atoms with Crippen LogP contribution >= 0.6 is 0 Å². The van der Waals surface area contributed by atoms with Crippen molar-refractivity contribution in [1.29, 1.82) is 0 Å². The van der Waals surface area contributed by atoms with Gasteiger partial charge in [-0.3, -0.25) is 9.59 Å². The summed E-state index contributed by atoms with van der Waals surface area (Å²) in [7, 11) is 0. The van der Waals surface area contributed by atoms with Gasteiger partial charge in [0, 0.05) is 0 Å². The minimum absolute atomic E-state index is 0.177. The lowest BCUT2D eigenvalue weighted by molar-refractivity contribution is -0.172. The van der Waals surface area contributed by atoms with Crippen molar-refractivity contribution in [2.45, 2.75) is 37.9 Å². The first-order valence-electron chi connectivity index (χ1n) is 5.17. The lowest BCUT2D eigenvalue weighted by atomic mass is 9.80. The minimum atomic E-state index is -0.818. The van der Waals surface area contributed by atoms with Crippen LogP contribution in [0.15, 0.2) is 0 Å². The number of carboxylic acid groups (broad SMARTS) is 1. The van der Waals surface area contributed by atoms with Crippen molar-refractivity contribution in [2.75, 3.05) is 0 Å². The van der Waals surface area contributed by atoms with E-state index in [1.165, 1.54) is 0 Å². The molecule has 0 amide bonds. The Morgan fingerprint density at radius 3 is 2.13 bits per heavy atom. The maximum Gasteiger partial charge on any atom is 0.309 e. The highest BCUT2D eigenvalue weighted by atomic mass is 16.5. The Kier molecular flexibility index (Phi) is 2.65. The highest BCUT2D eigenvalue weighted by Gasteiger charge is 2.40. The third-order valence-corrected chi connectivity index (χ3v) is 3.17. The summed E-state index contributed by atoms with van der Waals surface area (Å²) in [4.78, 5) is 21.9. The van der Waals surface area contributed by atoms with E-state index in [9.17, 15) is 9.59 Å². The third kappa shape index (κ3) is 2.12. The number of aliphatic hydroxyl groups excluding tert-OH is 1. The Hall–Kier alpha value is -1.10. The number of hydrogen-bond acceptors (Lipinski definition) is 4. The van der Waals surface area contributed by atoms with E-state index in [-0.39, 0.29) is 30.0 Å². The molecule has 2 N–H and O–H groups in total. The molecule has 15 heavy (non-hydrogen) atoms. The minimum Gasteiger partial charge on any atom is -0.481 e. The molecule has 0 spiro atoms. The van der Waals surface area contributed by atoms with Crippen molar-refractivity contribution in [3.05, 3.63) is 0 Å². The lowest BCUT2D eigenvalue weighted by Crippen LogP contribution is -2.42. The van der Waals surface area contributed by atoms with Gasteiger partial charge in [0.1, 0.15) is 6.10 Å². The Labute approximate surface area is 87.0 Å². The van der Waals surface area contributed by atoms with E-state index in [0.29, 0.717) is 25.7 Å². The Morgan fingerprint density at radius 2 is 1.67 bits per heavy atom. The largest absolute Gasteiger partial charge is 0.481 e. The van der Waals surface area contributed by atoms with E-state index in [1.54, 1.807) is 0 Å². The number of esters is 1. The summed E-state index contributed by atoms with van der Waals surface area (Å²) in [5, 5.41) is 17.6. The fourth-order valence-corrected chi connectivity index (χ4v) is 1.90. The van der Waals surface area contributed by atoms with Crippen molar-refractivity contribution < 1.29 is 24.5 Å². The number of hydrogen-bond donors (Lipinski definition) is 2. The molecule has 0 aromatic carbocycles. The fourth-order valence-electron chi connectivity index (χ4n) is 1.90. The molecule has 2 aliphatic rings. The first-order valence-corrected chi connectivity index (χ1v) is 5.17. The second kappa shape index (κ2) is 3.81. The third-order valence-electron chi connectivity index (χ3n) is 3.17. The number of rotatable bonds is 3. The average molecular weight is 214 g/mol. The van der Waals surface area contributed by atoms with Gasteiger partial charge < -0.3 is 14.9 Å². The van der Waals surface area contributed by atoms with Gasteiger partial charge in [0.2, 0.25) is 0 Å². The van der Waals surface area contributed by atoms with Crippen LogP contribution in [0.1, 0.15) is 25.7 Å². The molecule has 0 aromatic heterocycles. The first kappa shape index (κ1) is 10.4. The van der Waals surface area contributed by atoms with Crippen LogP contribution in [-0.4, -0.2) is 34.4 Å². The van der Waals surface area contributed by atoms with Gasteiger partial charge in [-0.2, -0.15) is 0 Å². The van der Waals surface area contributed by atoms with E-state index < -0.39 is 5.97 Å². The van der Waals surface area contributed by atoms with Crippen molar-refractivity contribution in [3.8, 4) is 0 Å². The summed E-state index contributed by atoms with van der Waals surface area (Å²) in [6.45, 7) is 0. The second-order valence-electron chi connectivity index (χ2n) is 4.39. The molecule has 2 fully saturated rings. The van der Waals surface area contributed by atoms with Gasteiger partial charge in [-0.15, -0.1) is 0 Å². The average Bonchev–Trinajstić information content (AvgIpc) is 2.04. The number of aliphatic carboxylic acids is 1. The molecule has 0 bridgehead atoms. The zero-order valence-electron chi connectivity index (χ0n) is 8.26. The molecular formula is C10H14O5. The van der Waals surface area contributed by atoms with Crippen molar-refractivity contribution in [3.63, 3.8) is 0 Å². The van der Waals surface area contributed by atoms with Crippen LogP contribution in [0.25, 0.3) is 0 Å². The topological polar surface area (TPSA) is 83.8 Å². The summed E-state index contributed by atoms with van der Waals surface area (Å²) in [5.74, 6) is -1.63. The van der Waals surface area contributed by atoms with E-state index >= 15 is 0 Å². The summed E-state index contributed by atoms with van der Waals surface area (Å²) in [5.41, 5.74) is 0. The Morgan fingerprint density at radius 1 is 1.07 bits per heavy atom. The molecule has 0 heterocycles. The first-order chi connectivity index (χ1) is 7.06. The maximum atomic E-state index is 11.4. The van der Waals surface area contributed by atoms with Crippen molar-refractivity contribution >= 4 is 11.9 Å². The fraction of sp³-hybridized carbons (Fsp3) is 0.800. The monoisotopic (exact) mass is 214 g/mol. The number of aliphatic hydroxyl groups is 1. The highest BCUT2D eigenvalue weighted by Crippen LogP contribution is 2.34. The molecule has 2 aliphatic carbocycles. The molecule has 2 rings (SSSR count). The molecule has 0 saturated heterocycles. The number of carbonyl (C=O) groups is 2. The van der Waals surface area contributed by atoms with Crippen molar-refractivity contribution in [2.24, 2.45) is 11.8 Å². The molecule has 0 aliphatic heterocycles. The molecule has 5 heteroatoms. The molecule has 0 radical (unpaired) electrons.